The highest BCUT2D eigenvalue weighted by molar-refractivity contribution is 5.88. The van der Waals surface area contributed by atoms with Crippen molar-refractivity contribution in [2.75, 3.05) is 28.4 Å². The summed E-state index contributed by atoms with van der Waals surface area (Å²) in [6.45, 7) is 3.57. The number of rotatable bonds is 10. The Kier molecular flexibility index (Phi) is 10.1. The molecular formula is C16H24O8. The van der Waals surface area contributed by atoms with E-state index in [0.717, 1.165) is 0 Å². The predicted molar refractivity (Wildman–Crippen MR) is 82.7 cm³/mol. The highest BCUT2D eigenvalue weighted by atomic mass is 16.5. The van der Waals surface area contributed by atoms with Gasteiger partial charge in [0.25, 0.3) is 0 Å². The molecule has 0 aromatic rings. The molecule has 0 aromatic heterocycles. The van der Waals surface area contributed by atoms with Crippen molar-refractivity contribution >= 4 is 23.9 Å². The number of carbonyl (C=O) groups excluding carboxylic acids is 4. The molecule has 0 rings (SSSR count). The lowest BCUT2D eigenvalue weighted by molar-refractivity contribution is -0.150. The third-order valence-electron chi connectivity index (χ3n) is 3.53. The van der Waals surface area contributed by atoms with E-state index < -0.39 is 35.7 Å². The molecule has 0 fully saturated rings. The van der Waals surface area contributed by atoms with Crippen molar-refractivity contribution in [3.8, 4) is 0 Å². The van der Waals surface area contributed by atoms with Crippen molar-refractivity contribution in [3.63, 3.8) is 0 Å². The van der Waals surface area contributed by atoms with Gasteiger partial charge in [-0.25, -0.2) is 4.79 Å². The number of ether oxygens (including phenoxy) is 4. The summed E-state index contributed by atoms with van der Waals surface area (Å²) in [5.41, 5.74) is 0.0875. The second-order valence-corrected chi connectivity index (χ2v) is 5.09. The van der Waals surface area contributed by atoms with Crippen LogP contribution >= 0.6 is 0 Å². The molecule has 0 bridgehead atoms. The average Bonchev–Trinajstić information content (AvgIpc) is 2.61. The minimum Gasteiger partial charge on any atom is -0.469 e. The predicted octanol–water partition coefficient (Wildman–Crippen LogP) is 1.03. The fourth-order valence-electron chi connectivity index (χ4n) is 2.19. The molecule has 0 radical (unpaired) electrons. The van der Waals surface area contributed by atoms with Gasteiger partial charge < -0.3 is 18.9 Å². The van der Waals surface area contributed by atoms with Crippen molar-refractivity contribution in [2.24, 2.45) is 11.8 Å². The van der Waals surface area contributed by atoms with Crippen molar-refractivity contribution in [1.82, 2.24) is 0 Å². The van der Waals surface area contributed by atoms with Crippen molar-refractivity contribution in [1.29, 1.82) is 0 Å². The first-order chi connectivity index (χ1) is 11.3. The molecular weight excluding hydrogens is 320 g/mol. The van der Waals surface area contributed by atoms with Crippen LogP contribution in [0.15, 0.2) is 12.2 Å². The maximum atomic E-state index is 11.9. The second kappa shape index (κ2) is 11.2. The topological polar surface area (TPSA) is 105 Å². The zero-order valence-electron chi connectivity index (χ0n) is 14.5. The highest BCUT2D eigenvalue weighted by Gasteiger charge is 2.30. The Balaban J connectivity index is 5.10. The molecule has 2 unspecified atom stereocenters. The van der Waals surface area contributed by atoms with Crippen LogP contribution in [0.3, 0.4) is 0 Å². The first kappa shape index (κ1) is 21.6. The van der Waals surface area contributed by atoms with Gasteiger partial charge in [0, 0.05) is 12.0 Å². The zero-order chi connectivity index (χ0) is 18.7. The maximum absolute atomic E-state index is 11.9. The molecule has 8 heteroatoms. The van der Waals surface area contributed by atoms with Gasteiger partial charge in [-0.2, -0.15) is 0 Å². The first-order valence-electron chi connectivity index (χ1n) is 7.29. The van der Waals surface area contributed by atoms with Gasteiger partial charge in [0.05, 0.1) is 40.3 Å². The highest BCUT2D eigenvalue weighted by Crippen LogP contribution is 2.25. The largest absolute Gasteiger partial charge is 0.469 e. The molecule has 0 aliphatic heterocycles. The third-order valence-corrected chi connectivity index (χ3v) is 3.53. The molecule has 0 amide bonds. The summed E-state index contributed by atoms with van der Waals surface area (Å²) in [7, 11) is 4.87. The van der Waals surface area contributed by atoms with Crippen LogP contribution in [0.1, 0.15) is 25.7 Å². The fourth-order valence-corrected chi connectivity index (χ4v) is 2.19. The molecule has 24 heavy (non-hydrogen) atoms. The molecule has 0 aromatic carbocycles. The van der Waals surface area contributed by atoms with E-state index in [9.17, 15) is 19.2 Å². The van der Waals surface area contributed by atoms with Gasteiger partial charge >= 0.3 is 23.9 Å². The molecule has 0 heterocycles. The lowest BCUT2D eigenvalue weighted by Gasteiger charge is -2.20. The molecule has 0 saturated heterocycles. The lowest BCUT2D eigenvalue weighted by atomic mass is 9.87. The van der Waals surface area contributed by atoms with Gasteiger partial charge in [-0.3, -0.25) is 14.4 Å². The van der Waals surface area contributed by atoms with Gasteiger partial charge in [-0.15, -0.1) is 0 Å². The summed E-state index contributed by atoms with van der Waals surface area (Å²) in [5, 5.41) is 0. The van der Waals surface area contributed by atoms with E-state index in [0.29, 0.717) is 0 Å². The van der Waals surface area contributed by atoms with E-state index in [1.807, 2.05) is 0 Å². The van der Waals surface area contributed by atoms with E-state index in [-0.39, 0.29) is 31.3 Å². The van der Waals surface area contributed by atoms with Gasteiger partial charge in [-0.05, 0) is 19.3 Å². The lowest BCUT2D eigenvalue weighted by Crippen LogP contribution is -2.27. The average molecular weight is 344 g/mol. The number of hydrogen-bond donors (Lipinski definition) is 0. The molecule has 0 N–H and O–H groups in total. The van der Waals surface area contributed by atoms with E-state index in [2.05, 4.69) is 16.1 Å². The molecule has 0 saturated carbocycles. The van der Waals surface area contributed by atoms with Gasteiger partial charge in [0.1, 0.15) is 0 Å². The van der Waals surface area contributed by atoms with Crippen molar-refractivity contribution < 1.29 is 38.1 Å². The van der Waals surface area contributed by atoms with E-state index in [1.54, 1.807) is 0 Å². The fraction of sp³-hybridized carbons (Fsp3) is 0.625. The summed E-state index contributed by atoms with van der Waals surface area (Å²) >= 11 is 0. The number of methoxy groups -OCH3 is 4. The van der Waals surface area contributed by atoms with Gasteiger partial charge in [0.2, 0.25) is 0 Å². The van der Waals surface area contributed by atoms with Crippen LogP contribution < -0.4 is 0 Å². The van der Waals surface area contributed by atoms with Crippen LogP contribution in [0.2, 0.25) is 0 Å². The smallest absolute Gasteiger partial charge is 0.333 e. The summed E-state index contributed by atoms with van der Waals surface area (Å²) in [5.74, 6) is -3.78. The third kappa shape index (κ3) is 7.26. The van der Waals surface area contributed by atoms with E-state index in [4.69, 9.17) is 9.47 Å². The molecule has 0 aliphatic rings. The second-order valence-electron chi connectivity index (χ2n) is 5.09. The standard InChI is InChI=1S/C16H24O8/c1-10(14(18)22-3)8-12(16(20)24-5)9-11(15(19)23-4)6-7-13(17)21-2/h11-12H,1,6-9H2,2-5H3. The molecule has 0 aliphatic carbocycles. The Bertz CT molecular complexity index is 482. The Morgan fingerprint density at radius 2 is 1.38 bits per heavy atom. The van der Waals surface area contributed by atoms with Crippen LogP contribution in [0, 0.1) is 11.8 Å². The molecule has 136 valence electrons. The molecule has 8 nitrogen and oxygen atoms in total. The summed E-state index contributed by atoms with van der Waals surface area (Å²) in [4.78, 5) is 46.6. The Labute approximate surface area is 141 Å². The Hall–Kier alpha value is -2.38. The molecule has 2 atom stereocenters. The summed E-state index contributed by atoms with van der Waals surface area (Å²) in [6.07, 6.45) is 0.178. The van der Waals surface area contributed by atoms with Gasteiger partial charge in [-0.1, -0.05) is 6.58 Å². The normalized spacial score (nSPS) is 12.5. The minimum atomic E-state index is -0.789. The monoisotopic (exact) mass is 344 g/mol. The van der Waals surface area contributed by atoms with Gasteiger partial charge in [0.15, 0.2) is 0 Å². The van der Waals surface area contributed by atoms with Crippen LogP contribution in [0.25, 0.3) is 0 Å². The minimum absolute atomic E-state index is 0.00209. The Morgan fingerprint density at radius 1 is 0.833 bits per heavy atom. The molecule has 0 spiro atoms. The van der Waals surface area contributed by atoms with E-state index >= 15 is 0 Å². The quantitative estimate of drug-likeness (QED) is 0.329. The number of carbonyl (C=O) groups is 4. The van der Waals surface area contributed by atoms with Crippen molar-refractivity contribution in [2.45, 2.75) is 25.7 Å². The number of hydrogen-bond acceptors (Lipinski definition) is 8. The zero-order valence-corrected chi connectivity index (χ0v) is 14.5. The first-order valence-corrected chi connectivity index (χ1v) is 7.29. The summed E-state index contributed by atoms with van der Waals surface area (Å²) < 4.78 is 18.5. The van der Waals surface area contributed by atoms with E-state index in [1.165, 1.54) is 28.4 Å². The maximum Gasteiger partial charge on any atom is 0.333 e. The van der Waals surface area contributed by atoms with Crippen LogP contribution in [-0.4, -0.2) is 52.3 Å². The Morgan fingerprint density at radius 3 is 1.83 bits per heavy atom. The number of esters is 4. The van der Waals surface area contributed by atoms with Crippen molar-refractivity contribution in [3.05, 3.63) is 12.2 Å². The summed E-state index contributed by atoms with van der Waals surface area (Å²) in [6, 6.07) is 0. The van der Waals surface area contributed by atoms with Crippen LogP contribution in [-0.2, 0) is 38.1 Å². The van der Waals surface area contributed by atoms with Crippen LogP contribution in [0.4, 0.5) is 0 Å². The van der Waals surface area contributed by atoms with Crippen LogP contribution in [0.5, 0.6) is 0 Å². The SMILES string of the molecule is C=C(CC(CC(CCC(=O)OC)C(=O)OC)C(=O)OC)C(=O)OC.